The predicted octanol–water partition coefficient (Wildman–Crippen LogP) is -3.29. The SMILES string of the molecule is O=C([O-])C[N+](CCO)(CC(=O)O)CC(=O)O. The molecule has 0 unspecified atom stereocenters. The quantitative estimate of drug-likeness (QED) is 0.375. The maximum atomic E-state index is 10.5. The van der Waals surface area contributed by atoms with Crippen LogP contribution in [0.4, 0.5) is 0 Å². The van der Waals surface area contributed by atoms with Gasteiger partial charge in [0.05, 0.1) is 12.6 Å². The molecular weight excluding hydrogens is 222 g/mol. The summed E-state index contributed by atoms with van der Waals surface area (Å²) < 4.78 is -0.774. The van der Waals surface area contributed by atoms with Gasteiger partial charge in [0.2, 0.25) is 0 Å². The van der Waals surface area contributed by atoms with Crippen molar-refractivity contribution in [3.05, 3.63) is 0 Å². The molecule has 0 saturated heterocycles. The maximum Gasteiger partial charge on any atom is 0.359 e. The Morgan fingerprint density at radius 2 is 1.44 bits per heavy atom. The molecule has 0 amide bonds. The van der Waals surface area contributed by atoms with Gasteiger partial charge in [-0.1, -0.05) is 0 Å². The summed E-state index contributed by atoms with van der Waals surface area (Å²) in [5.41, 5.74) is 0. The molecule has 0 heterocycles. The number of quaternary nitrogens is 1. The molecule has 92 valence electrons. The van der Waals surface area contributed by atoms with Crippen molar-refractivity contribution in [3.63, 3.8) is 0 Å². The number of hydrogen-bond acceptors (Lipinski definition) is 5. The first-order valence-corrected chi connectivity index (χ1v) is 4.41. The second kappa shape index (κ2) is 6.03. The van der Waals surface area contributed by atoms with Crippen molar-refractivity contribution in [1.29, 1.82) is 0 Å². The van der Waals surface area contributed by atoms with Crippen molar-refractivity contribution in [2.24, 2.45) is 0 Å². The molecule has 8 nitrogen and oxygen atoms in total. The molecule has 0 aliphatic carbocycles. The van der Waals surface area contributed by atoms with Crippen molar-refractivity contribution in [1.82, 2.24) is 0 Å². The molecule has 0 fully saturated rings. The minimum Gasteiger partial charge on any atom is -0.544 e. The number of carbonyl (C=O) groups excluding carboxylic acids is 1. The van der Waals surface area contributed by atoms with Crippen LogP contribution in [-0.2, 0) is 14.4 Å². The van der Waals surface area contributed by atoms with Crippen LogP contribution in [0.2, 0.25) is 0 Å². The van der Waals surface area contributed by atoms with Crippen molar-refractivity contribution < 1.29 is 39.3 Å². The van der Waals surface area contributed by atoms with Crippen LogP contribution in [0.3, 0.4) is 0 Å². The van der Waals surface area contributed by atoms with E-state index in [4.69, 9.17) is 15.3 Å². The van der Waals surface area contributed by atoms with Crippen LogP contribution in [0.5, 0.6) is 0 Å². The number of aliphatic hydroxyl groups is 1. The molecule has 16 heavy (non-hydrogen) atoms. The number of aliphatic carboxylic acids is 3. The summed E-state index contributed by atoms with van der Waals surface area (Å²) >= 11 is 0. The van der Waals surface area contributed by atoms with Gasteiger partial charge in [0.1, 0.15) is 13.1 Å². The van der Waals surface area contributed by atoms with Gasteiger partial charge in [-0.05, 0) is 0 Å². The highest BCUT2D eigenvalue weighted by molar-refractivity contribution is 5.72. The number of hydrogen-bond donors (Lipinski definition) is 3. The highest BCUT2D eigenvalue weighted by Gasteiger charge is 2.33. The van der Waals surface area contributed by atoms with Crippen molar-refractivity contribution in [3.8, 4) is 0 Å². The topological polar surface area (TPSA) is 135 Å². The summed E-state index contributed by atoms with van der Waals surface area (Å²) in [7, 11) is 0. The van der Waals surface area contributed by atoms with Crippen molar-refractivity contribution in [2.75, 3.05) is 32.8 Å². The largest absolute Gasteiger partial charge is 0.544 e. The fraction of sp³-hybridized carbons (Fsp3) is 0.625. The summed E-state index contributed by atoms with van der Waals surface area (Å²) in [5, 5.41) is 36.4. The fourth-order valence-electron chi connectivity index (χ4n) is 1.46. The Balaban J connectivity index is 4.93. The molecule has 0 radical (unpaired) electrons. The molecule has 0 aromatic carbocycles. The Morgan fingerprint density at radius 1 is 1.00 bits per heavy atom. The van der Waals surface area contributed by atoms with Crippen molar-refractivity contribution in [2.45, 2.75) is 0 Å². The summed E-state index contributed by atoms with van der Waals surface area (Å²) in [5.74, 6) is -4.23. The Morgan fingerprint density at radius 3 is 1.69 bits per heavy atom. The monoisotopic (exact) mass is 235 g/mol. The Hall–Kier alpha value is -1.67. The molecule has 0 spiro atoms. The lowest BCUT2D eigenvalue weighted by molar-refractivity contribution is -0.909. The van der Waals surface area contributed by atoms with Gasteiger partial charge in [-0.3, -0.25) is 4.48 Å². The second-order valence-corrected chi connectivity index (χ2v) is 3.42. The minimum absolute atomic E-state index is 0.271. The van der Waals surface area contributed by atoms with E-state index in [-0.39, 0.29) is 6.54 Å². The number of carboxylic acid groups (broad SMARTS) is 3. The summed E-state index contributed by atoms with van der Waals surface area (Å²) in [4.78, 5) is 31.6. The van der Waals surface area contributed by atoms with Crippen LogP contribution in [0.1, 0.15) is 0 Å². The lowest BCUT2D eigenvalue weighted by atomic mass is 10.3. The van der Waals surface area contributed by atoms with Crippen LogP contribution in [0, 0.1) is 0 Å². The molecule has 0 aromatic heterocycles. The van der Waals surface area contributed by atoms with E-state index >= 15 is 0 Å². The molecule has 0 aromatic rings. The Labute approximate surface area is 90.9 Å². The van der Waals surface area contributed by atoms with Crippen molar-refractivity contribution >= 4 is 17.9 Å². The summed E-state index contributed by atoms with van der Waals surface area (Å²) in [6.45, 7) is -2.93. The number of aliphatic hydroxyl groups excluding tert-OH is 1. The number of nitrogens with zero attached hydrogens (tertiary/aromatic N) is 1. The smallest absolute Gasteiger partial charge is 0.359 e. The van der Waals surface area contributed by atoms with E-state index < -0.39 is 48.6 Å². The summed E-state index contributed by atoms with van der Waals surface area (Å²) in [6, 6.07) is 0. The van der Waals surface area contributed by atoms with Gasteiger partial charge in [0.25, 0.3) is 0 Å². The fourth-order valence-corrected chi connectivity index (χ4v) is 1.46. The zero-order valence-electron chi connectivity index (χ0n) is 8.46. The van der Waals surface area contributed by atoms with Crippen LogP contribution in [0.15, 0.2) is 0 Å². The highest BCUT2D eigenvalue weighted by Crippen LogP contribution is 2.05. The van der Waals surface area contributed by atoms with Crippen LogP contribution in [-0.4, -0.2) is 70.5 Å². The average molecular weight is 235 g/mol. The lowest BCUT2D eigenvalue weighted by Gasteiger charge is -2.35. The first-order valence-electron chi connectivity index (χ1n) is 4.41. The van der Waals surface area contributed by atoms with Gasteiger partial charge in [0.15, 0.2) is 13.1 Å². The Bertz CT molecular complexity index is 247. The van der Waals surface area contributed by atoms with Gasteiger partial charge in [-0.25, -0.2) is 9.59 Å². The van der Waals surface area contributed by atoms with E-state index in [2.05, 4.69) is 0 Å². The maximum absolute atomic E-state index is 10.5. The minimum atomic E-state index is -1.56. The second-order valence-electron chi connectivity index (χ2n) is 3.42. The molecule has 3 N–H and O–H groups in total. The third-order valence-corrected chi connectivity index (χ3v) is 1.98. The zero-order valence-corrected chi connectivity index (χ0v) is 8.46. The molecule has 0 atom stereocenters. The van der Waals surface area contributed by atoms with Crippen LogP contribution in [0.25, 0.3) is 0 Å². The molecule has 0 aliphatic rings. The molecule has 0 aliphatic heterocycles. The predicted molar refractivity (Wildman–Crippen MR) is 47.1 cm³/mol. The van der Waals surface area contributed by atoms with Gasteiger partial charge in [-0.2, -0.15) is 0 Å². The van der Waals surface area contributed by atoms with Crippen LogP contribution >= 0.6 is 0 Å². The number of carboxylic acids is 3. The van der Waals surface area contributed by atoms with E-state index in [9.17, 15) is 19.5 Å². The first-order chi connectivity index (χ1) is 7.31. The molecule has 8 heteroatoms. The Kier molecular flexibility index (Phi) is 5.40. The van der Waals surface area contributed by atoms with E-state index in [0.717, 1.165) is 0 Å². The third kappa shape index (κ3) is 5.27. The van der Waals surface area contributed by atoms with E-state index in [1.165, 1.54) is 0 Å². The van der Waals surface area contributed by atoms with Gasteiger partial charge < -0.3 is 25.2 Å². The van der Waals surface area contributed by atoms with Crippen LogP contribution < -0.4 is 5.11 Å². The summed E-state index contributed by atoms with van der Waals surface area (Å²) in [6.07, 6.45) is 0. The molecular formula is C8H13NO7. The average Bonchev–Trinajstić information content (AvgIpc) is 1.98. The standard InChI is InChI=1S/C8H13NO7/c10-2-1-9(3-6(11)12,4-7(13)14)5-8(15)16/h10H,1-5H2,(H2-,11,12,13,14,15,16). The van der Waals surface area contributed by atoms with E-state index in [0.29, 0.717) is 0 Å². The third-order valence-electron chi connectivity index (χ3n) is 1.98. The molecule has 0 saturated carbocycles. The van der Waals surface area contributed by atoms with Gasteiger partial charge in [-0.15, -0.1) is 0 Å². The van der Waals surface area contributed by atoms with E-state index in [1.54, 1.807) is 0 Å². The molecule has 0 bridgehead atoms. The normalized spacial score (nSPS) is 11.1. The first kappa shape index (κ1) is 14.3. The zero-order chi connectivity index (χ0) is 12.8. The number of rotatable bonds is 8. The van der Waals surface area contributed by atoms with Gasteiger partial charge >= 0.3 is 11.9 Å². The highest BCUT2D eigenvalue weighted by atomic mass is 16.4. The lowest BCUT2D eigenvalue weighted by Crippen LogP contribution is -2.59. The van der Waals surface area contributed by atoms with E-state index in [1.807, 2.05) is 0 Å². The van der Waals surface area contributed by atoms with Gasteiger partial charge in [0, 0.05) is 0 Å². The molecule has 0 rings (SSSR count). The number of carbonyl (C=O) groups is 3.